The van der Waals surface area contributed by atoms with Crippen LogP contribution in [0.15, 0.2) is 0 Å². The van der Waals surface area contributed by atoms with Gasteiger partial charge in [-0.15, -0.1) is 0 Å². The quantitative estimate of drug-likeness (QED) is 0.546. The van der Waals surface area contributed by atoms with Crippen molar-refractivity contribution in [3.8, 4) is 0 Å². The molecule has 0 aliphatic heterocycles. The fourth-order valence-electron chi connectivity index (χ4n) is 0.289. The second-order valence-electron chi connectivity index (χ2n) is 2.10. The van der Waals surface area contributed by atoms with Crippen LogP contribution in [-0.2, 0) is 4.43 Å². The van der Waals surface area contributed by atoms with Crippen LogP contribution < -0.4 is 0 Å². The fourth-order valence-corrected chi connectivity index (χ4v) is 0.577. The summed E-state index contributed by atoms with van der Waals surface area (Å²) in [6, 6.07) is 0. The van der Waals surface area contributed by atoms with Crippen molar-refractivity contribution in [3.05, 3.63) is 0 Å². The summed E-state index contributed by atoms with van der Waals surface area (Å²) in [7, 11) is 0.903. The van der Waals surface area contributed by atoms with E-state index >= 15 is 0 Å². The Bertz CT molecular complexity index is 38.6. The fraction of sp³-hybridized carbons (Fsp3) is 1.00. The van der Waals surface area contributed by atoms with Crippen LogP contribution >= 0.6 is 0 Å². The van der Waals surface area contributed by atoms with E-state index < -0.39 is 0 Å². The van der Waals surface area contributed by atoms with Crippen LogP contribution in [0.1, 0.15) is 33.1 Å². The Hall–Kier alpha value is 0.976. The summed E-state index contributed by atoms with van der Waals surface area (Å²) in [5.41, 5.74) is 0. The molecule has 0 fully saturated rings. The van der Waals surface area contributed by atoms with Crippen LogP contribution in [0.4, 0.5) is 0 Å². The van der Waals surface area contributed by atoms with Crippen molar-refractivity contribution in [2.45, 2.75) is 37.5 Å². The Kier molecular flexibility index (Phi) is 22.4. The van der Waals surface area contributed by atoms with Gasteiger partial charge in [0.05, 0.1) is 0 Å². The molecule has 0 bridgehead atoms. The van der Waals surface area contributed by atoms with E-state index in [-0.39, 0.29) is 0 Å². The molecule has 0 unspecified atom stereocenters. The molecule has 0 saturated heterocycles. The molecule has 0 spiro atoms. The minimum atomic E-state index is 0.903. The molecule has 0 aromatic carbocycles. The molecule has 3 radical (unpaired) electrons. The van der Waals surface area contributed by atoms with E-state index in [2.05, 4.69) is 13.8 Å². The first-order chi connectivity index (χ1) is 4.83. The Labute approximate surface area is 81.6 Å². The molecular formula is C7H19OSiSn. The third-order valence-electron chi connectivity index (χ3n) is 0.952. The molecule has 0 heterocycles. The first-order valence-electron chi connectivity index (χ1n) is 3.96. The standard InChI is InChI=1S/C4H12OSi.C3H7.Sn/c1-2-3-4-5-6;1-3-2;/h2-4H2,1,6H3;1,3H2,2H3;. The number of hydrogen-bond acceptors (Lipinski definition) is 1. The zero-order chi connectivity index (χ0) is 8.24. The average Bonchev–Trinajstić information content (AvgIpc) is 2.01. The van der Waals surface area contributed by atoms with Gasteiger partial charge in [-0.2, -0.15) is 0 Å². The first kappa shape index (κ1) is 13.6. The molecule has 0 aromatic rings. The van der Waals surface area contributed by atoms with Crippen LogP contribution in [0.25, 0.3) is 0 Å². The van der Waals surface area contributed by atoms with Gasteiger partial charge >= 0.3 is 40.3 Å². The summed E-state index contributed by atoms with van der Waals surface area (Å²) in [5, 5.41) is 0. The molecule has 0 N–H and O–H groups in total. The van der Waals surface area contributed by atoms with Gasteiger partial charge in [-0.3, -0.25) is 0 Å². The van der Waals surface area contributed by atoms with Gasteiger partial charge in [-0.25, -0.2) is 0 Å². The van der Waals surface area contributed by atoms with Crippen LogP contribution in [0.3, 0.4) is 0 Å². The number of unbranched alkanes of at least 4 members (excludes halogenated alkanes) is 1. The van der Waals surface area contributed by atoms with E-state index in [1.807, 2.05) is 0 Å². The Morgan fingerprint density at radius 2 is 1.80 bits per heavy atom. The summed E-state index contributed by atoms with van der Waals surface area (Å²) < 4.78 is 6.33. The molecule has 0 rings (SSSR count). The van der Waals surface area contributed by atoms with E-state index in [1.165, 1.54) is 23.7 Å². The Morgan fingerprint density at radius 3 is 1.90 bits per heavy atom. The van der Waals surface area contributed by atoms with Crippen molar-refractivity contribution in [1.29, 1.82) is 0 Å². The van der Waals surface area contributed by atoms with Crippen molar-refractivity contribution in [2.24, 2.45) is 0 Å². The van der Waals surface area contributed by atoms with Crippen LogP contribution in [0.5, 0.6) is 0 Å². The van der Waals surface area contributed by atoms with Gasteiger partial charge in [0.25, 0.3) is 0 Å². The van der Waals surface area contributed by atoms with Gasteiger partial charge in [0, 0.05) is 6.61 Å². The third kappa shape index (κ3) is 23.1. The van der Waals surface area contributed by atoms with Gasteiger partial charge in [-0.1, -0.05) is 13.3 Å². The summed E-state index contributed by atoms with van der Waals surface area (Å²) >= 11 is 1.67. The number of rotatable bonds is 4. The van der Waals surface area contributed by atoms with E-state index in [0.29, 0.717) is 0 Å². The van der Waals surface area contributed by atoms with Gasteiger partial charge < -0.3 is 4.43 Å². The molecule has 1 nitrogen and oxygen atoms in total. The molecule has 0 aromatic heterocycles. The maximum absolute atomic E-state index is 4.92. The normalized spacial score (nSPS) is 8.70. The molecular weight excluding hydrogens is 247 g/mol. The monoisotopic (exact) mass is 267 g/mol. The van der Waals surface area contributed by atoms with E-state index in [1.54, 1.807) is 22.5 Å². The number of hydrogen-bond donors (Lipinski definition) is 0. The van der Waals surface area contributed by atoms with Crippen molar-refractivity contribution in [2.75, 3.05) is 6.61 Å². The minimum absolute atomic E-state index is 0.903. The Balaban J connectivity index is 0. The molecule has 0 saturated carbocycles. The van der Waals surface area contributed by atoms with Gasteiger partial charge in [0.1, 0.15) is 10.5 Å². The van der Waals surface area contributed by atoms with Crippen molar-refractivity contribution >= 4 is 33.0 Å². The summed E-state index contributed by atoms with van der Waals surface area (Å²) in [6.45, 7) is 5.35. The van der Waals surface area contributed by atoms with Gasteiger partial charge in [-0.05, 0) is 6.42 Å². The maximum atomic E-state index is 4.92. The zero-order valence-electron chi connectivity index (χ0n) is 7.44. The van der Waals surface area contributed by atoms with Crippen molar-refractivity contribution in [1.82, 2.24) is 0 Å². The molecule has 0 atom stereocenters. The second-order valence-corrected chi connectivity index (χ2v) is 4.10. The van der Waals surface area contributed by atoms with Gasteiger partial charge in [0.15, 0.2) is 0 Å². The third-order valence-corrected chi connectivity index (χ3v) is 2.79. The second kappa shape index (κ2) is 16.5. The van der Waals surface area contributed by atoms with E-state index in [0.717, 1.165) is 17.1 Å². The first-order valence-corrected chi connectivity index (χ1v) is 6.80. The molecule has 0 aliphatic rings. The zero-order valence-corrected chi connectivity index (χ0v) is 12.3. The van der Waals surface area contributed by atoms with Crippen molar-refractivity contribution < 1.29 is 4.43 Å². The molecule has 61 valence electrons. The SMILES string of the molecule is CCCCO[SiH3].CC[CH2][Sn]. The Morgan fingerprint density at radius 1 is 1.30 bits per heavy atom. The van der Waals surface area contributed by atoms with E-state index in [4.69, 9.17) is 4.43 Å². The molecule has 0 amide bonds. The molecule has 10 heavy (non-hydrogen) atoms. The summed E-state index contributed by atoms with van der Waals surface area (Å²) in [5.74, 6) is 0. The summed E-state index contributed by atoms with van der Waals surface area (Å²) in [4.78, 5) is 0. The average molecular weight is 266 g/mol. The van der Waals surface area contributed by atoms with Crippen LogP contribution in [-0.4, -0.2) is 39.6 Å². The van der Waals surface area contributed by atoms with E-state index in [9.17, 15) is 0 Å². The topological polar surface area (TPSA) is 9.23 Å². The predicted molar refractivity (Wildman–Crippen MR) is 51.7 cm³/mol. The van der Waals surface area contributed by atoms with Crippen LogP contribution in [0, 0.1) is 0 Å². The van der Waals surface area contributed by atoms with Crippen LogP contribution in [0.2, 0.25) is 4.44 Å². The van der Waals surface area contributed by atoms with Gasteiger partial charge in [0.2, 0.25) is 0 Å². The van der Waals surface area contributed by atoms with Crippen molar-refractivity contribution in [3.63, 3.8) is 0 Å². The molecule has 0 aliphatic carbocycles. The predicted octanol–water partition coefficient (Wildman–Crippen LogP) is 1.07. The summed E-state index contributed by atoms with van der Waals surface area (Å²) in [6.07, 6.45) is 3.84. The molecule has 3 heteroatoms.